The molecule has 0 rings (SSSR count). The lowest BCUT2D eigenvalue weighted by Gasteiger charge is -2.25. The van der Waals surface area contributed by atoms with Gasteiger partial charge in [-0.25, -0.2) is 4.57 Å². The molecule has 4 nitrogen and oxygen atoms in total. The highest BCUT2D eigenvalue weighted by Crippen LogP contribution is 2.43. The molecule has 0 aliphatic heterocycles. The molecule has 1 unspecified atom stereocenters. The van der Waals surface area contributed by atoms with Gasteiger partial charge in [-0.05, 0) is 13.3 Å². The van der Waals surface area contributed by atoms with Crippen molar-refractivity contribution in [3.05, 3.63) is 12.2 Å². The van der Waals surface area contributed by atoms with E-state index in [0.717, 1.165) is 0 Å². The van der Waals surface area contributed by atoms with Crippen LogP contribution in [0.15, 0.2) is 12.2 Å². The summed E-state index contributed by atoms with van der Waals surface area (Å²) < 4.78 is 15.3. The molecule has 0 saturated heterocycles. The summed E-state index contributed by atoms with van der Waals surface area (Å²) in [6.45, 7) is 3.52. The number of rotatable bonds is 5. The van der Waals surface area contributed by atoms with Gasteiger partial charge in [0.15, 0.2) is 0 Å². The van der Waals surface area contributed by atoms with Crippen LogP contribution in [-0.4, -0.2) is 15.4 Å². The van der Waals surface area contributed by atoms with Gasteiger partial charge in [-0.2, -0.15) is 0 Å². The molecular formula is C9H15O4P. The van der Waals surface area contributed by atoms with Crippen molar-refractivity contribution in [2.75, 3.05) is 0 Å². The fourth-order valence-electron chi connectivity index (χ4n) is 0.969. The molecule has 0 spiro atoms. The summed E-state index contributed by atoms with van der Waals surface area (Å²) in [6, 6.07) is 0. The molecule has 0 bridgehead atoms. The number of phosphoric acid groups is 1. The van der Waals surface area contributed by atoms with Crippen LogP contribution in [-0.2, 0) is 9.09 Å². The van der Waals surface area contributed by atoms with Crippen LogP contribution < -0.4 is 0 Å². The predicted molar refractivity (Wildman–Crippen MR) is 54.4 cm³/mol. The lowest BCUT2D eigenvalue weighted by molar-refractivity contribution is 0.0805. The van der Waals surface area contributed by atoms with Crippen LogP contribution in [0, 0.1) is 12.3 Å². The first-order valence-corrected chi connectivity index (χ1v) is 5.77. The predicted octanol–water partition coefficient (Wildman–Crippen LogP) is 1.84. The van der Waals surface area contributed by atoms with Gasteiger partial charge in [-0.3, -0.25) is 4.52 Å². The fourth-order valence-corrected chi connectivity index (χ4v) is 1.68. The van der Waals surface area contributed by atoms with E-state index in [-0.39, 0.29) is 0 Å². The van der Waals surface area contributed by atoms with Crippen LogP contribution in [0.25, 0.3) is 0 Å². The molecule has 5 heteroatoms. The van der Waals surface area contributed by atoms with Crippen molar-refractivity contribution in [2.45, 2.75) is 32.3 Å². The fraction of sp³-hybridized carbons (Fsp3) is 0.556. The molecule has 14 heavy (non-hydrogen) atoms. The second-order valence-electron chi connectivity index (χ2n) is 2.85. The molecule has 0 aromatic rings. The Hall–Kier alpha value is -0.590. The van der Waals surface area contributed by atoms with Crippen molar-refractivity contribution in [3.8, 4) is 12.3 Å². The van der Waals surface area contributed by atoms with Gasteiger partial charge in [0, 0.05) is 6.42 Å². The SMILES string of the molecule is C#CC(CC)(CC=CC)OP(=O)(O)O. The van der Waals surface area contributed by atoms with E-state index < -0.39 is 13.4 Å². The van der Waals surface area contributed by atoms with Crippen LogP contribution >= 0.6 is 7.82 Å². The second kappa shape index (κ2) is 5.33. The van der Waals surface area contributed by atoms with Crippen molar-refractivity contribution in [1.29, 1.82) is 0 Å². The zero-order valence-electron chi connectivity index (χ0n) is 8.30. The summed E-state index contributed by atoms with van der Waals surface area (Å²) in [5.74, 6) is 2.29. The minimum atomic E-state index is -4.54. The third-order valence-corrected chi connectivity index (χ3v) is 2.40. The number of hydrogen-bond acceptors (Lipinski definition) is 2. The first-order valence-electron chi connectivity index (χ1n) is 4.24. The Kier molecular flexibility index (Phi) is 5.11. The monoisotopic (exact) mass is 218 g/mol. The minimum Gasteiger partial charge on any atom is -0.303 e. The van der Waals surface area contributed by atoms with Crippen LogP contribution in [0.5, 0.6) is 0 Å². The Morgan fingerprint density at radius 3 is 2.50 bits per heavy atom. The topological polar surface area (TPSA) is 66.8 Å². The molecule has 0 aliphatic rings. The summed E-state index contributed by atoms with van der Waals surface area (Å²) in [7, 11) is -4.54. The molecule has 0 aliphatic carbocycles. The number of allylic oxidation sites excluding steroid dienone is 1. The van der Waals surface area contributed by atoms with E-state index >= 15 is 0 Å². The van der Waals surface area contributed by atoms with Crippen molar-refractivity contribution >= 4 is 7.82 Å². The third-order valence-electron chi connectivity index (χ3n) is 1.81. The molecule has 80 valence electrons. The highest BCUT2D eigenvalue weighted by atomic mass is 31.2. The van der Waals surface area contributed by atoms with E-state index in [0.29, 0.717) is 12.8 Å². The summed E-state index contributed by atoms with van der Waals surface area (Å²) in [5, 5.41) is 0. The average Bonchev–Trinajstić information content (AvgIpc) is 2.10. The quantitative estimate of drug-likeness (QED) is 0.420. The molecule has 2 N–H and O–H groups in total. The Balaban J connectivity index is 4.73. The molecule has 0 radical (unpaired) electrons. The van der Waals surface area contributed by atoms with Crippen molar-refractivity contribution in [2.24, 2.45) is 0 Å². The van der Waals surface area contributed by atoms with Crippen LogP contribution in [0.1, 0.15) is 26.7 Å². The van der Waals surface area contributed by atoms with Crippen LogP contribution in [0.3, 0.4) is 0 Å². The maximum Gasteiger partial charge on any atom is 0.471 e. The van der Waals surface area contributed by atoms with Gasteiger partial charge in [0.05, 0.1) is 0 Å². The number of hydrogen-bond donors (Lipinski definition) is 2. The van der Waals surface area contributed by atoms with Gasteiger partial charge in [-0.15, -0.1) is 6.42 Å². The molecule has 1 atom stereocenters. The summed E-state index contributed by atoms with van der Waals surface area (Å²) in [4.78, 5) is 17.4. The van der Waals surface area contributed by atoms with E-state index in [4.69, 9.17) is 16.2 Å². The molecule has 0 aromatic carbocycles. The summed E-state index contributed by atoms with van der Waals surface area (Å²) in [5.41, 5.74) is -1.20. The highest BCUT2D eigenvalue weighted by Gasteiger charge is 2.33. The largest absolute Gasteiger partial charge is 0.471 e. The Morgan fingerprint density at radius 2 is 2.21 bits per heavy atom. The van der Waals surface area contributed by atoms with Crippen molar-refractivity contribution in [1.82, 2.24) is 0 Å². The minimum absolute atomic E-state index is 0.293. The molecule has 0 aromatic heterocycles. The number of terminal acetylenes is 1. The lowest BCUT2D eigenvalue weighted by Crippen LogP contribution is -2.28. The van der Waals surface area contributed by atoms with E-state index in [1.54, 1.807) is 26.0 Å². The Labute approximate surface area is 84.2 Å². The second-order valence-corrected chi connectivity index (χ2v) is 4.01. The van der Waals surface area contributed by atoms with E-state index in [2.05, 4.69) is 10.4 Å². The normalized spacial score (nSPS) is 16.5. The van der Waals surface area contributed by atoms with Gasteiger partial charge in [0.25, 0.3) is 0 Å². The van der Waals surface area contributed by atoms with Gasteiger partial charge in [-0.1, -0.05) is 25.0 Å². The maximum absolute atomic E-state index is 10.7. The number of phosphoric ester groups is 1. The Bertz CT molecular complexity index is 286. The highest BCUT2D eigenvalue weighted by molar-refractivity contribution is 7.46. The summed E-state index contributed by atoms with van der Waals surface area (Å²) >= 11 is 0. The van der Waals surface area contributed by atoms with E-state index in [1.807, 2.05) is 0 Å². The molecule has 0 heterocycles. The first kappa shape index (κ1) is 13.4. The van der Waals surface area contributed by atoms with Crippen molar-refractivity contribution < 1.29 is 18.9 Å². The summed E-state index contributed by atoms with van der Waals surface area (Å²) in [6.07, 6.45) is 9.33. The van der Waals surface area contributed by atoms with Gasteiger partial charge in [0.2, 0.25) is 0 Å². The Morgan fingerprint density at radius 1 is 1.64 bits per heavy atom. The van der Waals surface area contributed by atoms with Gasteiger partial charge < -0.3 is 9.79 Å². The van der Waals surface area contributed by atoms with Crippen molar-refractivity contribution in [3.63, 3.8) is 0 Å². The van der Waals surface area contributed by atoms with Gasteiger partial charge in [0.1, 0.15) is 5.60 Å². The zero-order valence-corrected chi connectivity index (χ0v) is 9.20. The smallest absolute Gasteiger partial charge is 0.303 e. The lowest BCUT2D eigenvalue weighted by atomic mass is 9.98. The van der Waals surface area contributed by atoms with E-state index in [9.17, 15) is 4.57 Å². The van der Waals surface area contributed by atoms with Gasteiger partial charge >= 0.3 is 7.82 Å². The molecule has 0 fully saturated rings. The van der Waals surface area contributed by atoms with E-state index in [1.165, 1.54) is 0 Å². The van der Waals surface area contributed by atoms with Crippen LogP contribution in [0.4, 0.5) is 0 Å². The maximum atomic E-state index is 10.7. The average molecular weight is 218 g/mol. The molecule has 0 amide bonds. The van der Waals surface area contributed by atoms with Crippen LogP contribution in [0.2, 0.25) is 0 Å². The molecule has 0 saturated carbocycles. The third kappa shape index (κ3) is 4.59. The first-order chi connectivity index (χ1) is 6.39. The zero-order chi connectivity index (χ0) is 11.2. The molecular weight excluding hydrogens is 203 g/mol. The standard InChI is InChI=1S/C9H15O4P/c1-4-7-8-9(5-2,6-3)13-14(10,11)12/h2,4,7H,6,8H2,1,3H3,(H2,10,11,12).